The minimum Gasteiger partial charge on any atom is -0.354 e. The van der Waals surface area contributed by atoms with Crippen LogP contribution in [0.4, 0.5) is 5.69 Å². The summed E-state index contributed by atoms with van der Waals surface area (Å²) < 4.78 is 29.5. The summed E-state index contributed by atoms with van der Waals surface area (Å²) in [7, 11) is -4.21. The second-order valence-corrected chi connectivity index (χ2v) is 12.7. The Kier molecular flexibility index (Phi) is 10.8. The van der Waals surface area contributed by atoms with Gasteiger partial charge in [-0.2, -0.15) is 0 Å². The Morgan fingerprint density at radius 2 is 1.64 bits per heavy atom. The maximum absolute atomic E-state index is 13.9. The Morgan fingerprint density at radius 1 is 1.00 bits per heavy atom. The highest BCUT2D eigenvalue weighted by Crippen LogP contribution is 2.30. The van der Waals surface area contributed by atoms with Crippen LogP contribution in [0.15, 0.2) is 76.1 Å². The van der Waals surface area contributed by atoms with E-state index in [2.05, 4.69) is 21.2 Å². The zero-order valence-electron chi connectivity index (χ0n) is 21.8. The Morgan fingerprint density at radius 3 is 2.23 bits per heavy atom. The first kappa shape index (κ1) is 30.9. The predicted molar refractivity (Wildman–Crippen MR) is 160 cm³/mol. The summed E-state index contributed by atoms with van der Waals surface area (Å²) in [6.45, 7) is 5.37. The largest absolute Gasteiger partial charge is 0.354 e. The summed E-state index contributed by atoms with van der Waals surface area (Å²) in [5, 5.41) is 3.25. The van der Waals surface area contributed by atoms with E-state index in [1.165, 1.54) is 35.2 Å². The van der Waals surface area contributed by atoms with Gasteiger partial charge in [-0.15, -0.1) is 0 Å². The maximum atomic E-state index is 13.9. The lowest BCUT2D eigenvalue weighted by Gasteiger charge is -2.32. The number of carbonyl (C=O) groups is 2. The van der Waals surface area contributed by atoms with Crippen LogP contribution in [0.25, 0.3) is 0 Å². The van der Waals surface area contributed by atoms with Crippen LogP contribution in [0.1, 0.15) is 31.4 Å². The van der Waals surface area contributed by atoms with Gasteiger partial charge in [-0.1, -0.05) is 75.9 Å². The topological polar surface area (TPSA) is 86.8 Å². The first-order valence-electron chi connectivity index (χ1n) is 12.3. The number of nitrogens with one attached hydrogen (secondary N) is 1. The second-order valence-electron chi connectivity index (χ2n) is 9.07. The van der Waals surface area contributed by atoms with Crippen LogP contribution < -0.4 is 9.62 Å². The predicted octanol–water partition coefficient (Wildman–Crippen LogP) is 6.20. The average molecular weight is 655 g/mol. The molecule has 0 aliphatic rings. The molecular formula is C28H30BrCl2N3O4S. The molecule has 3 rings (SSSR count). The molecule has 1 atom stereocenters. The van der Waals surface area contributed by atoms with Crippen molar-refractivity contribution in [3.63, 3.8) is 0 Å². The van der Waals surface area contributed by atoms with Gasteiger partial charge in [0.05, 0.1) is 10.6 Å². The van der Waals surface area contributed by atoms with E-state index in [-0.39, 0.29) is 33.1 Å². The number of amides is 2. The lowest BCUT2D eigenvalue weighted by atomic mass is 10.1. The number of nitrogens with zero attached hydrogens (tertiary/aromatic N) is 2. The van der Waals surface area contributed by atoms with Crippen LogP contribution in [0, 0.1) is 6.92 Å². The molecule has 208 valence electrons. The lowest BCUT2D eigenvalue weighted by molar-refractivity contribution is -0.139. The van der Waals surface area contributed by atoms with Gasteiger partial charge in [0, 0.05) is 27.6 Å². The quantitative estimate of drug-likeness (QED) is 0.267. The molecule has 3 aromatic rings. The third kappa shape index (κ3) is 8.20. The van der Waals surface area contributed by atoms with Crippen molar-refractivity contribution in [3.05, 3.63) is 92.4 Å². The smallest absolute Gasteiger partial charge is 0.264 e. The van der Waals surface area contributed by atoms with Crippen molar-refractivity contribution in [2.24, 2.45) is 0 Å². The minimum atomic E-state index is -4.21. The number of carbonyl (C=O) groups excluding carboxylic acids is 2. The third-order valence-electron chi connectivity index (χ3n) is 5.98. The van der Waals surface area contributed by atoms with Crippen molar-refractivity contribution in [1.29, 1.82) is 0 Å². The molecule has 3 aromatic carbocycles. The van der Waals surface area contributed by atoms with Gasteiger partial charge < -0.3 is 10.2 Å². The number of hydrogen-bond donors (Lipinski definition) is 1. The SMILES string of the molecule is CCCNC(=O)C(C)N(Cc1cccc(Br)c1)C(=O)CN(c1cc(Cl)cc(Cl)c1)S(=O)(=O)c1ccc(C)cc1. The van der Waals surface area contributed by atoms with Gasteiger partial charge >= 0.3 is 0 Å². The van der Waals surface area contributed by atoms with Gasteiger partial charge in [0.2, 0.25) is 11.8 Å². The molecule has 0 radical (unpaired) electrons. The molecule has 0 spiro atoms. The second kappa shape index (κ2) is 13.7. The molecule has 1 N–H and O–H groups in total. The summed E-state index contributed by atoms with van der Waals surface area (Å²) in [6.07, 6.45) is 0.732. The van der Waals surface area contributed by atoms with Gasteiger partial charge in [-0.25, -0.2) is 8.42 Å². The van der Waals surface area contributed by atoms with Gasteiger partial charge in [0.1, 0.15) is 12.6 Å². The van der Waals surface area contributed by atoms with Crippen LogP contribution in [-0.2, 0) is 26.2 Å². The van der Waals surface area contributed by atoms with Crippen LogP contribution >= 0.6 is 39.1 Å². The van der Waals surface area contributed by atoms with Crippen molar-refractivity contribution < 1.29 is 18.0 Å². The average Bonchev–Trinajstić information content (AvgIpc) is 2.88. The molecule has 0 aromatic heterocycles. The van der Waals surface area contributed by atoms with E-state index in [0.29, 0.717) is 6.54 Å². The number of rotatable bonds is 11. The molecule has 0 fully saturated rings. The first-order chi connectivity index (χ1) is 18.4. The highest BCUT2D eigenvalue weighted by Gasteiger charge is 2.32. The highest BCUT2D eigenvalue weighted by molar-refractivity contribution is 9.10. The number of hydrogen-bond acceptors (Lipinski definition) is 4. The monoisotopic (exact) mass is 653 g/mol. The Labute approximate surface area is 248 Å². The molecule has 0 saturated heterocycles. The van der Waals surface area contributed by atoms with E-state index in [9.17, 15) is 18.0 Å². The van der Waals surface area contributed by atoms with Crippen molar-refractivity contribution in [2.45, 2.75) is 44.7 Å². The molecule has 7 nitrogen and oxygen atoms in total. The van der Waals surface area contributed by atoms with Gasteiger partial charge in [-0.05, 0) is 68.3 Å². The fourth-order valence-electron chi connectivity index (χ4n) is 3.86. The zero-order valence-corrected chi connectivity index (χ0v) is 25.7. The molecule has 11 heteroatoms. The van der Waals surface area contributed by atoms with Crippen LogP contribution in [0.2, 0.25) is 10.0 Å². The summed E-state index contributed by atoms with van der Waals surface area (Å²) in [5.74, 6) is -0.903. The first-order valence-corrected chi connectivity index (χ1v) is 15.3. The number of benzene rings is 3. The fourth-order valence-corrected chi connectivity index (χ4v) is 6.22. The highest BCUT2D eigenvalue weighted by atomic mass is 79.9. The van der Waals surface area contributed by atoms with Gasteiger partial charge in [0.15, 0.2) is 0 Å². The van der Waals surface area contributed by atoms with E-state index in [4.69, 9.17) is 23.2 Å². The van der Waals surface area contributed by atoms with E-state index in [1.54, 1.807) is 19.1 Å². The number of aryl methyl sites for hydroxylation is 1. The van der Waals surface area contributed by atoms with Gasteiger partial charge in [0.25, 0.3) is 10.0 Å². The molecule has 0 saturated carbocycles. The van der Waals surface area contributed by atoms with E-state index in [1.807, 2.05) is 38.1 Å². The Balaban J connectivity index is 2.05. The summed E-state index contributed by atoms with van der Waals surface area (Å²) in [6, 6.07) is 17.1. The number of sulfonamides is 1. The molecule has 0 heterocycles. The number of halogens is 3. The van der Waals surface area contributed by atoms with Gasteiger partial charge in [-0.3, -0.25) is 13.9 Å². The third-order valence-corrected chi connectivity index (χ3v) is 8.70. The Hall–Kier alpha value is -2.59. The summed E-state index contributed by atoms with van der Waals surface area (Å²) in [5.41, 5.74) is 1.79. The van der Waals surface area contributed by atoms with Crippen molar-refractivity contribution in [1.82, 2.24) is 10.2 Å². The standard InChI is InChI=1S/C28H30BrCl2N3O4S/c1-4-12-32-28(36)20(3)33(17-21-6-5-7-22(29)13-21)27(35)18-34(25-15-23(30)14-24(31)16-25)39(37,38)26-10-8-19(2)9-11-26/h5-11,13-16,20H,4,12,17-18H2,1-3H3,(H,32,36). The van der Waals surface area contributed by atoms with Crippen molar-refractivity contribution >= 4 is 66.7 Å². The van der Waals surface area contributed by atoms with Crippen LogP contribution in [-0.4, -0.2) is 44.3 Å². The molecule has 39 heavy (non-hydrogen) atoms. The summed E-state index contributed by atoms with van der Waals surface area (Å²) in [4.78, 5) is 28.2. The minimum absolute atomic E-state index is 0.00396. The van der Waals surface area contributed by atoms with Crippen LogP contribution in [0.5, 0.6) is 0 Å². The fraction of sp³-hybridized carbons (Fsp3) is 0.286. The molecule has 0 bridgehead atoms. The number of anilines is 1. The maximum Gasteiger partial charge on any atom is 0.264 e. The summed E-state index contributed by atoms with van der Waals surface area (Å²) >= 11 is 15.9. The normalized spacial score (nSPS) is 12.1. The van der Waals surface area contributed by atoms with E-state index >= 15 is 0 Å². The zero-order chi connectivity index (χ0) is 28.7. The van der Waals surface area contributed by atoms with E-state index in [0.717, 1.165) is 26.3 Å². The molecule has 0 aliphatic carbocycles. The molecule has 2 amide bonds. The molecule has 1 unspecified atom stereocenters. The van der Waals surface area contributed by atoms with Crippen LogP contribution in [0.3, 0.4) is 0 Å². The van der Waals surface area contributed by atoms with Crippen molar-refractivity contribution in [2.75, 3.05) is 17.4 Å². The molecule has 0 aliphatic heterocycles. The van der Waals surface area contributed by atoms with E-state index < -0.39 is 28.5 Å². The Bertz CT molecular complexity index is 1410. The molecular weight excluding hydrogens is 625 g/mol. The van der Waals surface area contributed by atoms with Crippen molar-refractivity contribution in [3.8, 4) is 0 Å². The lowest BCUT2D eigenvalue weighted by Crippen LogP contribution is -2.51.